The number of aliphatic hydroxyl groups excluding tert-OH is 2. The highest BCUT2D eigenvalue weighted by Gasteiger charge is 2.13. The smallest absolute Gasteiger partial charge is 0.200 e. The largest absolute Gasteiger partial charge is 0.461 e. The zero-order valence-corrected chi connectivity index (χ0v) is 6.43. The minimum atomic E-state index is -0.998. The molecule has 4 nitrogen and oxygen atoms in total. The molecule has 0 aliphatic heterocycles. The first-order valence-electron chi connectivity index (χ1n) is 3.59. The number of furan rings is 1. The van der Waals surface area contributed by atoms with Crippen LogP contribution in [-0.2, 0) is 0 Å². The second kappa shape index (κ2) is 4.04. The van der Waals surface area contributed by atoms with Crippen molar-refractivity contribution >= 4 is 5.78 Å². The molecule has 1 aromatic rings. The highest BCUT2D eigenvalue weighted by Crippen LogP contribution is 2.05. The summed E-state index contributed by atoms with van der Waals surface area (Å²) in [5, 5.41) is 17.4. The highest BCUT2D eigenvalue weighted by atomic mass is 16.3. The van der Waals surface area contributed by atoms with Crippen molar-refractivity contribution in [1.29, 1.82) is 0 Å². The number of carbonyl (C=O) groups excluding carboxylic acids is 1. The van der Waals surface area contributed by atoms with Gasteiger partial charge in [0.1, 0.15) is 0 Å². The Kier molecular flexibility index (Phi) is 3.01. The summed E-state index contributed by atoms with van der Waals surface area (Å²) in [6, 6.07) is 3.12. The van der Waals surface area contributed by atoms with Gasteiger partial charge in [-0.25, -0.2) is 0 Å². The van der Waals surface area contributed by atoms with Gasteiger partial charge in [-0.1, -0.05) is 0 Å². The predicted molar refractivity (Wildman–Crippen MR) is 40.7 cm³/mol. The number of aliphatic hydroxyl groups is 2. The molecule has 1 rings (SSSR count). The van der Waals surface area contributed by atoms with Crippen LogP contribution in [0.15, 0.2) is 22.8 Å². The molecule has 1 aromatic heterocycles. The summed E-state index contributed by atoms with van der Waals surface area (Å²) >= 11 is 0. The van der Waals surface area contributed by atoms with Crippen LogP contribution in [0.3, 0.4) is 0 Å². The Balaban J connectivity index is 2.50. The lowest BCUT2D eigenvalue weighted by atomic mass is 10.1. The molecule has 12 heavy (non-hydrogen) atoms. The molecule has 1 atom stereocenters. The summed E-state index contributed by atoms with van der Waals surface area (Å²) in [7, 11) is 0. The highest BCUT2D eigenvalue weighted by molar-refractivity contribution is 5.93. The fourth-order valence-corrected chi connectivity index (χ4v) is 0.816. The molecule has 0 spiro atoms. The molecule has 0 saturated heterocycles. The molecule has 2 N–H and O–H groups in total. The van der Waals surface area contributed by atoms with Crippen molar-refractivity contribution in [2.75, 3.05) is 6.61 Å². The zero-order valence-electron chi connectivity index (χ0n) is 6.43. The van der Waals surface area contributed by atoms with Gasteiger partial charge in [-0.2, -0.15) is 0 Å². The molecule has 0 aliphatic rings. The number of ketones is 1. The van der Waals surface area contributed by atoms with E-state index in [0.717, 1.165) is 0 Å². The third kappa shape index (κ3) is 2.18. The van der Waals surface area contributed by atoms with Crippen molar-refractivity contribution < 1.29 is 19.4 Å². The van der Waals surface area contributed by atoms with Crippen molar-refractivity contribution in [3.63, 3.8) is 0 Å². The van der Waals surface area contributed by atoms with Gasteiger partial charge in [-0.15, -0.1) is 0 Å². The maximum Gasteiger partial charge on any atom is 0.200 e. The number of hydrogen-bond donors (Lipinski definition) is 2. The first-order valence-corrected chi connectivity index (χ1v) is 3.59. The van der Waals surface area contributed by atoms with E-state index in [4.69, 9.17) is 14.6 Å². The van der Waals surface area contributed by atoms with E-state index in [1.54, 1.807) is 6.07 Å². The van der Waals surface area contributed by atoms with E-state index in [1.807, 2.05) is 0 Å². The second-order valence-corrected chi connectivity index (χ2v) is 2.44. The van der Waals surface area contributed by atoms with Crippen LogP contribution in [0.5, 0.6) is 0 Å². The van der Waals surface area contributed by atoms with Gasteiger partial charge in [0.2, 0.25) is 5.78 Å². The summed E-state index contributed by atoms with van der Waals surface area (Å²) in [5.74, 6) is -0.0935. The van der Waals surface area contributed by atoms with Crippen molar-refractivity contribution in [1.82, 2.24) is 0 Å². The van der Waals surface area contributed by atoms with E-state index < -0.39 is 12.7 Å². The van der Waals surface area contributed by atoms with E-state index in [2.05, 4.69) is 0 Å². The van der Waals surface area contributed by atoms with Crippen LogP contribution in [0, 0.1) is 0 Å². The lowest BCUT2D eigenvalue weighted by Gasteiger charge is -2.02. The Labute approximate surface area is 69.4 Å². The quantitative estimate of drug-likeness (QED) is 0.633. The molecule has 0 saturated carbocycles. The molecule has 1 unspecified atom stereocenters. The Morgan fingerprint density at radius 2 is 2.42 bits per heavy atom. The average Bonchev–Trinajstić information content (AvgIpc) is 2.56. The van der Waals surface area contributed by atoms with Crippen LogP contribution < -0.4 is 0 Å². The Hall–Kier alpha value is -1.13. The molecule has 66 valence electrons. The van der Waals surface area contributed by atoms with Gasteiger partial charge in [0.05, 0.1) is 19.0 Å². The summed E-state index contributed by atoms with van der Waals surface area (Å²) in [6.45, 7) is -0.410. The first kappa shape index (κ1) is 8.96. The third-order valence-corrected chi connectivity index (χ3v) is 1.43. The molecule has 0 bridgehead atoms. The first-order chi connectivity index (χ1) is 5.74. The number of rotatable bonds is 4. The van der Waals surface area contributed by atoms with E-state index in [0.29, 0.717) is 0 Å². The normalized spacial score (nSPS) is 12.8. The summed E-state index contributed by atoms with van der Waals surface area (Å²) in [5.41, 5.74) is 0. The fourth-order valence-electron chi connectivity index (χ4n) is 0.816. The van der Waals surface area contributed by atoms with Gasteiger partial charge >= 0.3 is 0 Å². The predicted octanol–water partition coefficient (Wildman–Crippen LogP) is 0.206. The van der Waals surface area contributed by atoms with Gasteiger partial charge in [0, 0.05) is 6.42 Å². The SMILES string of the molecule is O=C(CC(O)CO)c1ccco1. The molecule has 0 radical (unpaired) electrons. The van der Waals surface area contributed by atoms with E-state index in [1.165, 1.54) is 12.3 Å². The van der Waals surface area contributed by atoms with E-state index in [-0.39, 0.29) is 18.0 Å². The minimum absolute atomic E-state index is 0.107. The molecular weight excluding hydrogens is 160 g/mol. The maximum atomic E-state index is 11.1. The molecule has 0 fully saturated rings. The summed E-state index contributed by atoms with van der Waals surface area (Å²) < 4.78 is 4.80. The van der Waals surface area contributed by atoms with E-state index >= 15 is 0 Å². The summed E-state index contributed by atoms with van der Waals surface area (Å²) in [4.78, 5) is 11.1. The average molecular weight is 170 g/mol. The minimum Gasteiger partial charge on any atom is -0.461 e. The Morgan fingerprint density at radius 1 is 1.67 bits per heavy atom. The zero-order chi connectivity index (χ0) is 8.97. The molecule has 1 heterocycles. The lowest BCUT2D eigenvalue weighted by Crippen LogP contribution is -2.16. The van der Waals surface area contributed by atoms with Crippen molar-refractivity contribution in [2.24, 2.45) is 0 Å². The monoisotopic (exact) mass is 170 g/mol. The van der Waals surface area contributed by atoms with Gasteiger partial charge in [-0.05, 0) is 12.1 Å². The lowest BCUT2D eigenvalue weighted by molar-refractivity contribution is 0.0684. The second-order valence-electron chi connectivity index (χ2n) is 2.44. The number of Topliss-reactive ketones (excluding diaryl/α,β-unsaturated/α-hetero) is 1. The maximum absolute atomic E-state index is 11.1. The molecule has 0 aromatic carbocycles. The van der Waals surface area contributed by atoms with Crippen molar-refractivity contribution in [3.05, 3.63) is 24.2 Å². The fraction of sp³-hybridized carbons (Fsp3) is 0.375. The Bertz CT molecular complexity index is 240. The number of hydrogen-bond acceptors (Lipinski definition) is 4. The standard InChI is InChI=1S/C8H10O4/c9-5-6(10)4-7(11)8-2-1-3-12-8/h1-3,6,9-10H,4-5H2. The van der Waals surface area contributed by atoms with Gasteiger partial charge in [0.15, 0.2) is 5.76 Å². The molecule has 4 heteroatoms. The van der Waals surface area contributed by atoms with Crippen LogP contribution in [0.25, 0.3) is 0 Å². The van der Waals surface area contributed by atoms with Crippen molar-refractivity contribution in [3.8, 4) is 0 Å². The molecular formula is C8H10O4. The van der Waals surface area contributed by atoms with Crippen LogP contribution in [-0.4, -0.2) is 28.7 Å². The molecule has 0 aliphatic carbocycles. The van der Waals surface area contributed by atoms with Gasteiger partial charge < -0.3 is 14.6 Å². The van der Waals surface area contributed by atoms with Gasteiger partial charge in [-0.3, -0.25) is 4.79 Å². The van der Waals surface area contributed by atoms with Crippen LogP contribution in [0.4, 0.5) is 0 Å². The van der Waals surface area contributed by atoms with Crippen LogP contribution in [0.2, 0.25) is 0 Å². The third-order valence-electron chi connectivity index (χ3n) is 1.43. The van der Waals surface area contributed by atoms with Crippen molar-refractivity contribution in [2.45, 2.75) is 12.5 Å². The Morgan fingerprint density at radius 3 is 2.92 bits per heavy atom. The topological polar surface area (TPSA) is 70.7 Å². The molecule has 0 amide bonds. The summed E-state index contributed by atoms with van der Waals surface area (Å²) in [6.07, 6.45) is 0.283. The van der Waals surface area contributed by atoms with Gasteiger partial charge in [0.25, 0.3) is 0 Å². The van der Waals surface area contributed by atoms with E-state index in [9.17, 15) is 4.79 Å². The number of carbonyl (C=O) groups is 1. The van der Waals surface area contributed by atoms with Crippen LogP contribution in [0.1, 0.15) is 17.0 Å². The van der Waals surface area contributed by atoms with Crippen LogP contribution >= 0.6 is 0 Å².